The van der Waals surface area contributed by atoms with Gasteiger partial charge in [0.2, 0.25) is 5.91 Å². The van der Waals surface area contributed by atoms with Crippen molar-refractivity contribution in [2.75, 3.05) is 11.9 Å². The van der Waals surface area contributed by atoms with Crippen molar-refractivity contribution >= 4 is 11.6 Å². The molecule has 0 aromatic carbocycles. The van der Waals surface area contributed by atoms with Crippen molar-refractivity contribution < 1.29 is 4.79 Å². The fraction of sp³-hybridized carbons (Fsp3) is 0.462. The van der Waals surface area contributed by atoms with Gasteiger partial charge in [-0.25, -0.2) is 4.98 Å². The van der Waals surface area contributed by atoms with E-state index < -0.39 is 0 Å². The van der Waals surface area contributed by atoms with Crippen LogP contribution in [-0.2, 0) is 4.79 Å². The number of nitriles is 1. The molecule has 0 radical (unpaired) electrons. The van der Waals surface area contributed by atoms with Gasteiger partial charge >= 0.3 is 0 Å². The maximum atomic E-state index is 12.1. The monoisotopic (exact) mass is 244 g/mol. The number of amides is 1. The molecule has 1 aromatic rings. The van der Waals surface area contributed by atoms with Crippen LogP contribution in [0.1, 0.15) is 26.0 Å². The summed E-state index contributed by atoms with van der Waals surface area (Å²) >= 11 is 0. The van der Waals surface area contributed by atoms with Crippen molar-refractivity contribution in [1.82, 2.24) is 9.88 Å². The summed E-state index contributed by atoms with van der Waals surface area (Å²) in [7, 11) is 0. The minimum Gasteiger partial charge on any atom is -0.372 e. The average molecular weight is 244 g/mol. The van der Waals surface area contributed by atoms with E-state index in [2.05, 4.69) is 10.3 Å². The van der Waals surface area contributed by atoms with Gasteiger partial charge in [0.25, 0.3) is 0 Å². The molecule has 2 heterocycles. The van der Waals surface area contributed by atoms with Gasteiger partial charge in [0.05, 0.1) is 11.9 Å². The summed E-state index contributed by atoms with van der Waals surface area (Å²) < 4.78 is 0. The maximum Gasteiger partial charge on any atom is 0.245 e. The summed E-state index contributed by atoms with van der Waals surface area (Å²) in [6, 6.07) is 5.44. The van der Waals surface area contributed by atoms with Gasteiger partial charge in [-0.1, -0.05) is 0 Å². The third-order valence-corrected chi connectivity index (χ3v) is 3.08. The Kier molecular flexibility index (Phi) is 3.47. The van der Waals surface area contributed by atoms with Crippen molar-refractivity contribution in [3.63, 3.8) is 0 Å². The standard InChI is InChI=1S/C13H16N4O/c1-9(2)17-6-5-12(13(17)18)16-11-4-3-10(7-14)15-8-11/h3-4,8-9,12,16H,5-6H2,1-2H3. The van der Waals surface area contributed by atoms with E-state index in [0.29, 0.717) is 5.69 Å². The number of hydrogen-bond donors (Lipinski definition) is 1. The number of hydrogen-bond acceptors (Lipinski definition) is 4. The van der Waals surface area contributed by atoms with Crippen LogP contribution in [0.15, 0.2) is 18.3 Å². The Morgan fingerprint density at radius 3 is 2.83 bits per heavy atom. The Morgan fingerprint density at radius 2 is 2.33 bits per heavy atom. The second-order valence-electron chi connectivity index (χ2n) is 4.65. The molecule has 5 nitrogen and oxygen atoms in total. The van der Waals surface area contributed by atoms with Crippen LogP contribution in [0, 0.1) is 11.3 Å². The number of likely N-dealkylation sites (tertiary alicyclic amines) is 1. The summed E-state index contributed by atoms with van der Waals surface area (Å²) in [5.74, 6) is 0.134. The number of rotatable bonds is 3. The third-order valence-electron chi connectivity index (χ3n) is 3.08. The summed E-state index contributed by atoms with van der Waals surface area (Å²) in [6.07, 6.45) is 2.39. The molecular formula is C13H16N4O. The molecule has 18 heavy (non-hydrogen) atoms. The van der Waals surface area contributed by atoms with Crippen molar-refractivity contribution in [1.29, 1.82) is 5.26 Å². The lowest BCUT2D eigenvalue weighted by Gasteiger charge is -2.21. The van der Waals surface area contributed by atoms with E-state index in [1.165, 1.54) is 0 Å². The van der Waals surface area contributed by atoms with Gasteiger partial charge in [0.15, 0.2) is 0 Å². The number of aromatic nitrogens is 1. The molecule has 0 bridgehead atoms. The highest BCUT2D eigenvalue weighted by atomic mass is 16.2. The van der Waals surface area contributed by atoms with Crippen LogP contribution in [0.5, 0.6) is 0 Å². The lowest BCUT2D eigenvalue weighted by Crippen LogP contribution is -2.37. The van der Waals surface area contributed by atoms with Crippen molar-refractivity contribution in [3.05, 3.63) is 24.0 Å². The van der Waals surface area contributed by atoms with E-state index in [9.17, 15) is 4.79 Å². The van der Waals surface area contributed by atoms with Crippen LogP contribution in [0.3, 0.4) is 0 Å². The summed E-state index contributed by atoms with van der Waals surface area (Å²) in [5.41, 5.74) is 1.15. The maximum absolute atomic E-state index is 12.1. The molecule has 1 aliphatic rings. The molecule has 0 saturated carbocycles. The van der Waals surface area contributed by atoms with Gasteiger partial charge < -0.3 is 10.2 Å². The second-order valence-corrected chi connectivity index (χ2v) is 4.65. The van der Waals surface area contributed by atoms with Gasteiger partial charge in [-0.15, -0.1) is 0 Å². The molecule has 2 rings (SSSR count). The molecule has 0 aliphatic carbocycles. The largest absolute Gasteiger partial charge is 0.372 e. The van der Waals surface area contributed by atoms with Gasteiger partial charge in [-0.2, -0.15) is 5.26 Å². The fourth-order valence-corrected chi connectivity index (χ4v) is 2.10. The number of nitrogens with one attached hydrogen (secondary N) is 1. The number of nitrogens with zero attached hydrogens (tertiary/aromatic N) is 3. The average Bonchev–Trinajstić information content (AvgIpc) is 2.72. The fourth-order valence-electron chi connectivity index (χ4n) is 2.10. The Bertz CT molecular complexity index is 475. The summed E-state index contributed by atoms with van der Waals surface area (Å²) in [4.78, 5) is 17.9. The van der Waals surface area contributed by atoms with Crippen LogP contribution in [-0.4, -0.2) is 34.4 Å². The molecule has 94 valence electrons. The second kappa shape index (κ2) is 5.05. The molecule has 5 heteroatoms. The quantitative estimate of drug-likeness (QED) is 0.872. The first-order valence-corrected chi connectivity index (χ1v) is 6.05. The Balaban J connectivity index is 2.02. The molecule has 1 unspecified atom stereocenters. The minimum absolute atomic E-state index is 0.134. The van der Waals surface area contributed by atoms with E-state index in [4.69, 9.17) is 5.26 Å². The predicted molar refractivity (Wildman–Crippen MR) is 67.8 cm³/mol. The van der Waals surface area contributed by atoms with Crippen LogP contribution < -0.4 is 5.32 Å². The van der Waals surface area contributed by atoms with Crippen LogP contribution in [0.4, 0.5) is 5.69 Å². The normalized spacial score (nSPS) is 19.1. The molecule has 0 spiro atoms. The number of carbonyl (C=O) groups is 1. The molecule has 1 N–H and O–H groups in total. The Morgan fingerprint density at radius 1 is 1.56 bits per heavy atom. The van der Waals surface area contributed by atoms with E-state index in [1.54, 1.807) is 18.3 Å². The minimum atomic E-state index is -0.179. The van der Waals surface area contributed by atoms with E-state index in [-0.39, 0.29) is 18.0 Å². The number of anilines is 1. The zero-order valence-corrected chi connectivity index (χ0v) is 10.6. The molecule has 1 atom stereocenters. The SMILES string of the molecule is CC(C)N1CCC(Nc2ccc(C#N)nc2)C1=O. The highest BCUT2D eigenvalue weighted by Crippen LogP contribution is 2.18. The zero-order chi connectivity index (χ0) is 13.1. The van der Waals surface area contributed by atoms with Crippen LogP contribution in [0.2, 0.25) is 0 Å². The first kappa shape index (κ1) is 12.4. The third kappa shape index (κ3) is 2.43. The predicted octanol–water partition coefficient (Wildman–Crippen LogP) is 1.37. The topological polar surface area (TPSA) is 69.0 Å². The van der Waals surface area contributed by atoms with Crippen molar-refractivity contribution in [2.24, 2.45) is 0 Å². The van der Waals surface area contributed by atoms with Gasteiger partial charge in [-0.05, 0) is 32.4 Å². The van der Waals surface area contributed by atoms with Gasteiger partial charge in [0, 0.05) is 12.6 Å². The molecule has 1 fully saturated rings. The zero-order valence-electron chi connectivity index (χ0n) is 10.6. The van der Waals surface area contributed by atoms with E-state index >= 15 is 0 Å². The number of carbonyl (C=O) groups excluding carboxylic acids is 1. The van der Waals surface area contributed by atoms with E-state index in [0.717, 1.165) is 18.7 Å². The highest BCUT2D eigenvalue weighted by molar-refractivity contribution is 5.86. The highest BCUT2D eigenvalue weighted by Gasteiger charge is 2.32. The van der Waals surface area contributed by atoms with Gasteiger partial charge in [0.1, 0.15) is 17.8 Å². The summed E-state index contributed by atoms with van der Waals surface area (Å²) in [6.45, 7) is 4.82. The molecule has 1 aromatic heterocycles. The van der Waals surface area contributed by atoms with Gasteiger partial charge in [-0.3, -0.25) is 4.79 Å². The van der Waals surface area contributed by atoms with Crippen molar-refractivity contribution in [2.45, 2.75) is 32.4 Å². The molecule has 1 aliphatic heterocycles. The smallest absolute Gasteiger partial charge is 0.245 e. The van der Waals surface area contributed by atoms with Crippen LogP contribution in [0.25, 0.3) is 0 Å². The molecule has 1 saturated heterocycles. The Hall–Kier alpha value is -2.09. The van der Waals surface area contributed by atoms with E-state index in [1.807, 2.05) is 24.8 Å². The lowest BCUT2D eigenvalue weighted by atomic mass is 10.2. The number of pyridine rings is 1. The first-order chi connectivity index (χ1) is 8.61. The lowest BCUT2D eigenvalue weighted by molar-refractivity contribution is -0.129. The molecular weight excluding hydrogens is 228 g/mol. The first-order valence-electron chi connectivity index (χ1n) is 6.05. The van der Waals surface area contributed by atoms with Crippen molar-refractivity contribution in [3.8, 4) is 6.07 Å². The van der Waals surface area contributed by atoms with Crippen LogP contribution >= 0.6 is 0 Å². The summed E-state index contributed by atoms with van der Waals surface area (Å²) in [5, 5.41) is 11.8. The Labute approximate surface area is 106 Å². The molecule has 1 amide bonds.